The van der Waals surface area contributed by atoms with Crippen LogP contribution in [0.1, 0.15) is 15.9 Å². The van der Waals surface area contributed by atoms with Crippen LogP contribution < -0.4 is 0 Å². The number of Topliss-reactive ketones (excluding diaryl/α,β-unsaturated/α-hetero) is 1. The molecular formula is C14H7F2NO2. The predicted molar refractivity (Wildman–Crippen MR) is 64.5 cm³/mol. The highest BCUT2D eigenvalue weighted by Gasteiger charge is 2.38. The fourth-order valence-electron chi connectivity index (χ4n) is 2.09. The number of carbonyl (C=O) groups is 1. The summed E-state index contributed by atoms with van der Waals surface area (Å²) in [4.78, 5) is 12.1. The van der Waals surface area contributed by atoms with Crippen molar-refractivity contribution in [3.63, 3.8) is 0 Å². The molecule has 1 heterocycles. The molecule has 0 bridgehead atoms. The maximum atomic E-state index is 13.6. The lowest BCUT2D eigenvalue weighted by molar-refractivity contribution is -0.358. The first-order chi connectivity index (χ1) is 9.09. The minimum absolute atomic E-state index is 0.0225. The predicted octanol–water partition coefficient (Wildman–Crippen LogP) is 2.79. The molecule has 2 aromatic carbocycles. The van der Waals surface area contributed by atoms with E-state index in [1.165, 1.54) is 24.3 Å². The van der Waals surface area contributed by atoms with Gasteiger partial charge in [0.2, 0.25) is 0 Å². The van der Waals surface area contributed by atoms with Crippen LogP contribution in [0.25, 0.3) is 0 Å². The maximum Gasteiger partial charge on any atom is 0.273 e. The summed E-state index contributed by atoms with van der Waals surface area (Å²) in [5, 5.41) is 12.0. The van der Waals surface area contributed by atoms with E-state index in [1.54, 1.807) is 0 Å². The zero-order valence-corrected chi connectivity index (χ0v) is 9.56. The standard InChI is InChI=1S/C14H7F2NO2/c15-9-6-4-8(5-7-9)12-14(18)10-2-1-3-11(16)13(10)17(12)19/h1-7H. The van der Waals surface area contributed by atoms with Crippen molar-refractivity contribution in [3.05, 3.63) is 70.4 Å². The first-order valence-corrected chi connectivity index (χ1v) is 5.53. The molecule has 2 aromatic rings. The molecule has 1 aliphatic rings. The third kappa shape index (κ3) is 1.62. The smallest absolute Gasteiger partial charge is 0.273 e. The average molecular weight is 259 g/mol. The van der Waals surface area contributed by atoms with Crippen LogP contribution in [0.4, 0.5) is 14.5 Å². The minimum Gasteiger partial charge on any atom is -0.618 e. The molecular weight excluding hydrogens is 252 g/mol. The molecule has 0 amide bonds. The Morgan fingerprint density at radius 3 is 2.32 bits per heavy atom. The van der Waals surface area contributed by atoms with E-state index >= 15 is 0 Å². The molecule has 0 aromatic heterocycles. The quantitative estimate of drug-likeness (QED) is 0.583. The number of carbonyl (C=O) groups excluding carboxylic acids is 1. The van der Waals surface area contributed by atoms with Crippen LogP contribution >= 0.6 is 0 Å². The second kappa shape index (κ2) is 3.98. The van der Waals surface area contributed by atoms with E-state index in [-0.39, 0.29) is 27.3 Å². The van der Waals surface area contributed by atoms with Crippen LogP contribution in [-0.4, -0.2) is 16.2 Å². The van der Waals surface area contributed by atoms with Gasteiger partial charge in [-0.1, -0.05) is 6.07 Å². The summed E-state index contributed by atoms with van der Waals surface area (Å²) in [6, 6.07) is 8.79. The van der Waals surface area contributed by atoms with Gasteiger partial charge in [0.15, 0.2) is 5.82 Å². The third-order valence-electron chi connectivity index (χ3n) is 2.97. The van der Waals surface area contributed by atoms with Gasteiger partial charge < -0.3 is 5.21 Å². The second-order valence-electron chi connectivity index (χ2n) is 4.12. The van der Waals surface area contributed by atoms with Crippen LogP contribution in [0.5, 0.6) is 0 Å². The van der Waals surface area contributed by atoms with Gasteiger partial charge in [-0.3, -0.25) is 4.79 Å². The molecule has 1 aliphatic heterocycles. The molecule has 0 spiro atoms. The fourth-order valence-corrected chi connectivity index (χ4v) is 2.09. The summed E-state index contributed by atoms with van der Waals surface area (Å²) in [6.45, 7) is 0. The van der Waals surface area contributed by atoms with Crippen molar-refractivity contribution in [3.8, 4) is 0 Å². The Balaban J connectivity index is 2.22. The molecule has 0 saturated carbocycles. The molecule has 0 unspecified atom stereocenters. The van der Waals surface area contributed by atoms with Gasteiger partial charge in [-0.05, 0) is 36.4 Å². The molecule has 0 fully saturated rings. The van der Waals surface area contributed by atoms with E-state index < -0.39 is 17.4 Å². The summed E-state index contributed by atoms with van der Waals surface area (Å²) in [5.41, 5.74) is -0.196. The van der Waals surface area contributed by atoms with Crippen molar-refractivity contribution >= 4 is 17.2 Å². The van der Waals surface area contributed by atoms with Crippen molar-refractivity contribution in [1.29, 1.82) is 0 Å². The second-order valence-corrected chi connectivity index (χ2v) is 4.12. The van der Waals surface area contributed by atoms with E-state index in [1.807, 2.05) is 0 Å². The number of benzene rings is 2. The highest BCUT2D eigenvalue weighted by atomic mass is 19.1. The number of fused-ring (bicyclic) bond motifs is 1. The van der Waals surface area contributed by atoms with Crippen molar-refractivity contribution in [1.82, 2.24) is 0 Å². The molecule has 5 heteroatoms. The Bertz CT molecular complexity index is 721. The lowest BCUT2D eigenvalue weighted by Crippen LogP contribution is -2.16. The summed E-state index contributed by atoms with van der Waals surface area (Å²) in [5.74, 6) is -1.79. The van der Waals surface area contributed by atoms with Gasteiger partial charge in [0.25, 0.3) is 17.2 Å². The SMILES string of the molecule is O=C1C(c2ccc(F)cc2)=[N+]([O-])c2c(F)cccc21. The molecule has 0 atom stereocenters. The highest BCUT2D eigenvalue weighted by Crippen LogP contribution is 2.30. The van der Waals surface area contributed by atoms with Crippen molar-refractivity contribution in [2.24, 2.45) is 0 Å². The zero-order valence-electron chi connectivity index (χ0n) is 9.56. The molecule has 19 heavy (non-hydrogen) atoms. The van der Waals surface area contributed by atoms with Crippen molar-refractivity contribution in [2.75, 3.05) is 0 Å². The van der Waals surface area contributed by atoms with E-state index in [0.29, 0.717) is 0 Å². The number of hydrogen-bond donors (Lipinski definition) is 0. The van der Waals surface area contributed by atoms with E-state index in [4.69, 9.17) is 0 Å². The topological polar surface area (TPSA) is 43.1 Å². The Morgan fingerprint density at radius 1 is 1.00 bits per heavy atom. The molecule has 94 valence electrons. The minimum atomic E-state index is -0.752. The van der Waals surface area contributed by atoms with Gasteiger partial charge in [0.1, 0.15) is 11.4 Å². The highest BCUT2D eigenvalue weighted by molar-refractivity contribution is 6.52. The molecule has 3 nitrogen and oxygen atoms in total. The molecule has 0 N–H and O–H groups in total. The summed E-state index contributed by atoms with van der Waals surface area (Å²) in [7, 11) is 0. The van der Waals surface area contributed by atoms with E-state index in [0.717, 1.165) is 18.2 Å². The van der Waals surface area contributed by atoms with E-state index in [2.05, 4.69) is 0 Å². The normalized spacial score (nSPS) is 13.9. The number of halogens is 2. The number of rotatable bonds is 1. The van der Waals surface area contributed by atoms with Crippen LogP contribution in [0.2, 0.25) is 0 Å². The van der Waals surface area contributed by atoms with Gasteiger partial charge in [0.05, 0.1) is 5.56 Å². The largest absolute Gasteiger partial charge is 0.618 e. The number of nitrogens with zero attached hydrogens (tertiary/aromatic N) is 1. The van der Waals surface area contributed by atoms with Crippen LogP contribution in [-0.2, 0) is 0 Å². The maximum absolute atomic E-state index is 13.6. The van der Waals surface area contributed by atoms with Gasteiger partial charge in [-0.25, -0.2) is 4.39 Å². The summed E-state index contributed by atoms with van der Waals surface area (Å²) >= 11 is 0. The van der Waals surface area contributed by atoms with Gasteiger partial charge in [-0.2, -0.15) is 9.13 Å². The van der Waals surface area contributed by atoms with E-state index in [9.17, 15) is 18.8 Å². The van der Waals surface area contributed by atoms with Crippen LogP contribution in [0.15, 0.2) is 42.5 Å². The Kier molecular flexibility index (Phi) is 2.41. The fraction of sp³-hybridized carbons (Fsp3) is 0. The van der Waals surface area contributed by atoms with Gasteiger partial charge >= 0.3 is 0 Å². The monoisotopic (exact) mass is 259 g/mol. The summed E-state index contributed by atoms with van der Waals surface area (Å²) < 4.78 is 26.7. The molecule has 0 aliphatic carbocycles. The van der Waals surface area contributed by atoms with Gasteiger partial charge in [-0.15, -0.1) is 0 Å². The van der Waals surface area contributed by atoms with Crippen molar-refractivity contribution in [2.45, 2.75) is 0 Å². The average Bonchev–Trinajstić information content (AvgIpc) is 2.65. The first-order valence-electron chi connectivity index (χ1n) is 5.53. The number of hydrogen-bond acceptors (Lipinski definition) is 2. The zero-order chi connectivity index (χ0) is 13.6. The first kappa shape index (κ1) is 11.5. The lowest BCUT2D eigenvalue weighted by atomic mass is 10.0. The van der Waals surface area contributed by atoms with Crippen LogP contribution in [0.3, 0.4) is 0 Å². The Morgan fingerprint density at radius 2 is 1.68 bits per heavy atom. The van der Waals surface area contributed by atoms with Gasteiger partial charge in [0, 0.05) is 0 Å². The van der Waals surface area contributed by atoms with Crippen LogP contribution in [0, 0.1) is 16.8 Å². The van der Waals surface area contributed by atoms with Crippen molar-refractivity contribution < 1.29 is 18.3 Å². The Labute approximate surface area is 107 Å². The number of ketones is 1. The summed E-state index contributed by atoms with van der Waals surface area (Å²) in [6.07, 6.45) is 0. The number of para-hydroxylation sites is 1. The Hall–Kier alpha value is -2.56. The molecule has 0 radical (unpaired) electrons. The third-order valence-corrected chi connectivity index (χ3v) is 2.97. The molecule has 3 rings (SSSR count). The molecule has 0 saturated heterocycles. The lowest BCUT2D eigenvalue weighted by Gasteiger charge is -2.02.